The zero-order chi connectivity index (χ0) is 61.5. The van der Waals surface area contributed by atoms with Gasteiger partial charge in [0.1, 0.15) is 17.2 Å². The molecule has 1 aromatic heterocycles. The monoisotopic (exact) mass is 1210 g/mol. The first kappa shape index (κ1) is 65.4. The molecule has 6 aliphatic heterocycles. The molecule has 21 heteroatoms. The molecule has 0 radical (unpaired) electrons. The fourth-order valence-electron chi connectivity index (χ4n) is 11.6. The summed E-state index contributed by atoms with van der Waals surface area (Å²) in [5.74, 6) is -1.98. The first-order valence-electron chi connectivity index (χ1n) is 31.4. The first-order valence-corrected chi connectivity index (χ1v) is 31.4. The van der Waals surface area contributed by atoms with Crippen molar-refractivity contribution in [1.29, 1.82) is 0 Å². The second-order valence-electron chi connectivity index (χ2n) is 26.5. The van der Waals surface area contributed by atoms with Crippen LogP contribution in [0.2, 0.25) is 0 Å². The predicted molar refractivity (Wildman–Crippen MR) is 323 cm³/mol. The molecule has 480 valence electrons. The van der Waals surface area contributed by atoms with Gasteiger partial charge in [-0.3, -0.25) is 14.7 Å². The standard InChI is InChI=1S/C66H96N6O15/c1-61(2)73-34-49(35-74-61)70(50-36-75-62(3,4)76-37-50)31-13-16-46-19-25-55(26-20-46)85-58-67-59(86-56-27-21-47(22-28-56)17-14-32-71(51-38-77-63(5,6)78-39-51)52-40-79-64(7,8)80-41-52)69-60(68-58)87-57-29-23-48(24-30-57)18-15-33-72(53-42-81-65(9,10)82-43-53)54-44-83-66(11,12)84-45-54/h19-30,49-54H,13-18,31-45H2,1-12H3. The van der Waals surface area contributed by atoms with E-state index in [1.165, 1.54) is 0 Å². The van der Waals surface area contributed by atoms with Gasteiger partial charge < -0.3 is 71.1 Å². The van der Waals surface area contributed by atoms with Gasteiger partial charge in [0.25, 0.3) is 0 Å². The van der Waals surface area contributed by atoms with Crippen molar-refractivity contribution in [3.05, 3.63) is 89.5 Å². The molecule has 0 unspecified atom stereocenters. The van der Waals surface area contributed by atoms with Crippen LogP contribution in [0.1, 0.15) is 119 Å². The third-order valence-corrected chi connectivity index (χ3v) is 16.9. The molecule has 6 fully saturated rings. The molecule has 0 N–H and O–H groups in total. The Balaban J connectivity index is 0.790. The number of ether oxygens (including phenoxy) is 15. The minimum atomic E-state index is -0.604. The first-order chi connectivity index (χ1) is 41.4. The van der Waals surface area contributed by atoms with Crippen molar-refractivity contribution in [2.45, 2.75) is 193 Å². The Morgan fingerprint density at radius 1 is 0.299 bits per heavy atom. The summed E-state index contributed by atoms with van der Waals surface area (Å²) in [6, 6.07) is 24.5. The lowest BCUT2D eigenvalue weighted by Gasteiger charge is -2.46. The SMILES string of the molecule is CC1(C)OCC(N(CCCc2ccc(Oc3nc(Oc4ccc(CCCN(C5COC(C)(C)OC5)C5COC(C)(C)OC5)cc4)nc(Oc4ccc(CCCN(C5COC(C)(C)OC5)C5COC(C)(C)OC5)cc4)n3)cc2)C2COC(C)(C)OC2)CO1. The van der Waals surface area contributed by atoms with E-state index < -0.39 is 34.7 Å². The van der Waals surface area contributed by atoms with Gasteiger partial charge in [-0.05, 0) is 194 Å². The minimum Gasteiger partial charge on any atom is -0.424 e. The summed E-state index contributed by atoms with van der Waals surface area (Å²) in [6.07, 6.45) is 5.23. The number of hydrogen-bond donors (Lipinski definition) is 0. The smallest absolute Gasteiger partial charge is 0.331 e. The maximum atomic E-state index is 6.35. The molecule has 21 nitrogen and oxygen atoms in total. The molecule has 7 heterocycles. The van der Waals surface area contributed by atoms with Gasteiger partial charge >= 0.3 is 18.0 Å². The van der Waals surface area contributed by atoms with Crippen LogP contribution in [0.4, 0.5) is 0 Å². The third kappa shape index (κ3) is 19.3. The van der Waals surface area contributed by atoms with Crippen LogP contribution in [0.5, 0.6) is 35.3 Å². The maximum absolute atomic E-state index is 6.35. The summed E-state index contributed by atoms with van der Waals surface area (Å²) in [4.78, 5) is 21.2. The highest BCUT2D eigenvalue weighted by Gasteiger charge is 2.42. The highest BCUT2D eigenvalue weighted by atomic mass is 16.7. The lowest BCUT2D eigenvalue weighted by molar-refractivity contribution is -0.288. The number of aryl methyl sites for hydroxylation is 3. The zero-order valence-electron chi connectivity index (χ0n) is 53.5. The van der Waals surface area contributed by atoms with Gasteiger partial charge in [0.2, 0.25) is 0 Å². The average Bonchev–Trinajstić information content (AvgIpc) is 1.99. The summed E-state index contributed by atoms with van der Waals surface area (Å²) in [5.41, 5.74) is 3.48. The van der Waals surface area contributed by atoms with E-state index in [9.17, 15) is 0 Å². The van der Waals surface area contributed by atoms with E-state index in [1.54, 1.807) is 0 Å². The predicted octanol–water partition coefficient (Wildman–Crippen LogP) is 9.86. The van der Waals surface area contributed by atoms with Gasteiger partial charge in [0.05, 0.1) is 116 Å². The van der Waals surface area contributed by atoms with E-state index in [-0.39, 0.29) is 54.3 Å². The number of benzene rings is 3. The van der Waals surface area contributed by atoms with Gasteiger partial charge in [0, 0.05) is 0 Å². The molecule has 87 heavy (non-hydrogen) atoms. The average molecular weight is 1210 g/mol. The highest BCUT2D eigenvalue weighted by Crippen LogP contribution is 2.33. The maximum Gasteiger partial charge on any atom is 0.331 e. The van der Waals surface area contributed by atoms with Crippen LogP contribution < -0.4 is 14.2 Å². The topological polar surface area (TPSA) is 187 Å². The number of nitrogens with zero attached hydrogens (tertiary/aromatic N) is 6. The minimum absolute atomic E-state index is 0.0188. The largest absolute Gasteiger partial charge is 0.424 e. The van der Waals surface area contributed by atoms with Crippen LogP contribution in [0.3, 0.4) is 0 Å². The van der Waals surface area contributed by atoms with Crippen molar-refractivity contribution in [2.24, 2.45) is 0 Å². The second-order valence-corrected chi connectivity index (χ2v) is 26.5. The van der Waals surface area contributed by atoms with Crippen molar-refractivity contribution >= 4 is 0 Å². The molecule has 6 saturated heterocycles. The Morgan fingerprint density at radius 3 is 0.644 bits per heavy atom. The lowest BCUT2D eigenvalue weighted by atomic mass is 10.1. The van der Waals surface area contributed by atoms with Gasteiger partial charge in [-0.2, -0.15) is 0 Å². The van der Waals surface area contributed by atoms with E-state index in [0.29, 0.717) is 96.5 Å². The van der Waals surface area contributed by atoms with Crippen molar-refractivity contribution in [3.8, 4) is 35.3 Å². The molecule has 0 aliphatic carbocycles. The lowest BCUT2D eigenvalue weighted by Crippen LogP contribution is -2.58. The number of hydrogen-bond acceptors (Lipinski definition) is 21. The molecular weight excluding hydrogens is 1120 g/mol. The van der Waals surface area contributed by atoms with Crippen molar-refractivity contribution < 1.29 is 71.1 Å². The van der Waals surface area contributed by atoms with E-state index >= 15 is 0 Å². The van der Waals surface area contributed by atoms with Crippen molar-refractivity contribution in [3.63, 3.8) is 0 Å². The van der Waals surface area contributed by atoms with E-state index in [1.807, 2.05) is 119 Å². The van der Waals surface area contributed by atoms with Crippen molar-refractivity contribution in [2.75, 3.05) is 98.9 Å². The zero-order valence-corrected chi connectivity index (χ0v) is 53.5. The van der Waals surface area contributed by atoms with Crippen molar-refractivity contribution in [1.82, 2.24) is 29.7 Å². The summed E-state index contributed by atoms with van der Waals surface area (Å²) in [5, 5.41) is 0. The van der Waals surface area contributed by atoms with Crippen LogP contribution in [-0.4, -0.2) is 200 Å². The van der Waals surface area contributed by atoms with E-state index in [4.69, 9.17) is 71.1 Å². The van der Waals surface area contributed by atoms with Gasteiger partial charge in [-0.15, -0.1) is 15.0 Å². The molecule has 0 atom stereocenters. The van der Waals surface area contributed by atoms with Crippen LogP contribution in [-0.2, 0) is 76.1 Å². The molecule has 10 rings (SSSR count). The Labute approximate surface area is 515 Å². The Kier molecular flexibility index (Phi) is 21.3. The van der Waals surface area contributed by atoms with E-state index in [2.05, 4.69) is 66.0 Å². The molecular formula is C66H96N6O15. The van der Waals surface area contributed by atoms with Crippen LogP contribution in [0.15, 0.2) is 72.8 Å². The van der Waals surface area contributed by atoms with Gasteiger partial charge in [0.15, 0.2) is 34.7 Å². The second kappa shape index (κ2) is 28.3. The van der Waals surface area contributed by atoms with Crippen LogP contribution >= 0.6 is 0 Å². The Morgan fingerprint density at radius 2 is 0.471 bits per heavy atom. The molecule has 0 saturated carbocycles. The molecule has 6 aliphatic rings. The molecule has 0 bridgehead atoms. The Hall–Kier alpha value is -4.53. The number of rotatable bonds is 24. The Bertz CT molecular complexity index is 2350. The molecule has 0 amide bonds. The quantitative estimate of drug-likeness (QED) is 0.0644. The summed E-state index contributed by atoms with van der Waals surface area (Å²) < 4.78 is 92.2. The number of aromatic nitrogens is 3. The van der Waals surface area contributed by atoms with E-state index in [0.717, 1.165) is 74.8 Å². The summed E-state index contributed by atoms with van der Waals surface area (Å²) in [6.45, 7) is 32.8. The normalized spacial score (nSPS) is 23.1. The molecule has 0 spiro atoms. The van der Waals surface area contributed by atoms with Gasteiger partial charge in [-0.1, -0.05) is 36.4 Å². The fraction of sp³-hybridized carbons (Fsp3) is 0.682. The van der Waals surface area contributed by atoms with Crippen LogP contribution in [0, 0.1) is 0 Å². The third-order valence-electron chi connectivity index (χ3n) is 16.9. The summed E-state index contributed by atoms with van der Waals surface area (Å²) >= 11 is 0. The van der Waals surface area contributed by atoms with Crippen LogP contribution in [0.25, 0.3) is 0 Å². The summed E-state index contributed by atoms with van der Waals surface area (Å²) in [7, 11) is 0. The highest BCUT2D eigenvalue weighted by molar-refractivity contribution is 5.33. The molecule has 4 aromatic rings. The molecule has 3 aromatic carbocycles. The van der Waals surface area contributed by atoms with Gasteiger partial charge in [-0.25, -0.2) is 0 Å². The fourth-order valence-corrected chi connectivity index (χ4v) is 11.6.